The molecule has 1 aromatic heterocycles. The number of hydrazine groups is 1. The lowest BCUT2D eigenvalue weighted by Gasteiger charge is -2.43. The van der Waals surface area contributed by atoms with E-state index >= 15 is 0 Å². The van der Waals surface area contributed by atoms with Crippen LogP contribution in [0.5, 0.6) is 5.75 Å². The Morgan fingerprint density at radius 3 is 2.55 bits per heavy atom. The van der Waals surface area contributed by atoms with Crippen molar-refractivity contribution in [3.8, 4) is 5.75 Å². The Morgan fingerprint density at radius 2 is 1.83 bits per heavy atom. The van der Waals surface area contributed by atoms with Gasteiger partial charge in [0.05, 0.1) is 18.9 Å². The summed E-state index contributed by atoms with van der Waals surface area (Å²) in [4.78, 5) is 43.5. The molecule has 0 spiro atoms. The number of aromatic nitrogens is 1. The van der Waals surface area contributed by atoms with Crippen molar-refractivity contribution in [1.82, 2.24) is 15.2 Å². The van der Waals surface area contributed by atoms with Crippen LogP contribution in [0, 0.1) is 0 Å². The predicted octanol–water partition coefficient (Wildman–Crippen LogP) is 3.82. The molecule has 5 rings (SSSR count). The highest BCUT2D eigenvalue weighted by molar-refractivity contribution is 6.03. The van der Waals surface area contributed by atoms with Gasteiger partial charge in [0.2, 0.25) is 5.91 Å². The molecule has 0 aliphatic carbocycles. The predicted molar refractivity (Wildman–Crippen MR) is 170 cm³/mol. The fourth-order valence-corrected chi connectivity index (χ4v) is 5.85. The second-order valence-electron chi connectivity index (χ2n) is 11.0. The lowest BCUT2D eigenvalue weighted by molar-refractivity contribution is -0.117. The number of amides is 2. The van der Waals surface area contributed by atoms with E-state index < -0.39 is 6.04 Å². The normalized spacial score (nSPS) is 18.4. The van der Waals surface area contributed by atoms with Crippen LogP contribution in [0.25, 0.3) is 31.3 Å². The maximum atomic E-state index is 13.3. The molecule has 2 fully saturated rings. The molecule has 0 bridgehead atoms. The topological polar surface area (TPSA) is 272 Å². The van der Waals surface area contributed by atoms with E-state index in [1.807, 2.05) is 9.80 Å². The van der Waals surface area contributed by atoms with Gasteiger partial charge in [-0.2, -0.15) is 0 Å². The van der Waals surface area contributed by atoms with E-state index in [-0.39, 0.29) is 61.1 Å². The van der Waals surface area contributed by atoms with Crippen LogP contribution in [0.1, 0.15) is 36.0 Å². The van der Waals surface area contributed by atoms with Gasteiger partial charge in [-0.1, -0.05) is 15.3 Å². The van der Waals surface area contributed by atoms with E-state index in [4.69, 9.17) is 36.9 Å². The molecular formula is C27H34N16O4. The third kappa shape index (κ3) is 7.85. The third-order valence-electron chi connectivity index (χ3n) is 8.22. The lowest BCUT2D eigenvalue weighted by Crippen LogP contribution is -2.56. The summed E-state index contributed by atoms with van der Waals surface area (Å²) in [5.41, 5.74) is 27.4. The summed E-state index contributed by atoms with van der Waals surface area (Å²) in [6.45, 7) is 2.23. The van der Waals surface area contributed by atoms with Gasteiger partial charge in [0, 0.05) is 58.7 Å². The number of carbonyl (C=O) groups excluding carboxylic acids is 2. The number of rotatable bonds is 12. The number of azide groups is 3. The highest BCUT2D eigenvalue weighted by Gasteiger charge is 2.39. The molecule has 0 saturated carbocycles. The molecule has 1 atom stereocenters. The lowest BCUT2D eigenvalue weighted by atomic mass is 10.0. The Balaban J connectivity index is 1.43. The quantitative estimate of drug-likeness (QED) is 0.0992. The first kappa shape index (κ1) is 32.9. The third-order valence-corrected chi connectivity index (χ3v) is 8.22. The van der Waals surface area contributed by atoms with Crippen molar-refractivity contribution in [1.29, 1.82) is 0 Å². The van der Waals surface area contributed by atoms with Crippen molar-refractivity contribution in [3.63, 3.8) is 0 Å². The molecule has 3 aliphatic rings. The van der Waals surface area contributed by atoms with Gasteiger partial charge in [-0.25, -0.2) is 10.8 Å². The van der Waals surface area contributed by atoms with Crippen LogP contribution in [0.3, 0.4) is 0 Å². The number of nitrogens with zero attached hydrogens (tertiary/aromatic N) is 13. The van der Waals surface area contributed by atoms with Gasteiger partial charge in [0.1, 0.15) is 23.3 Å². The van der Waals surface area contributed by atoms with Gasteiger partial charge >= 0.3 is 0 Å². The van der Waals surface area contributed by atoms with Gasteiger partial charge in [-0.3, -0.25) is 19.5 Å². The second-order valence-corrected chi connectivity index (χ2v) is 11.0. The molecule has 1 aromatic carbocycles. The van der Waals surface area contributed by atoms with Gasteiger partial charge in [-0.15, -0.1) is 0 Å². The van der Waals surface area contributed by atoms with Gasteiger partial charge in [-0.05, 0) is 72.6 Å². The second kappa shape index (κ2) is 15.7. The molecular weight excluding hydrogens is 612 g/mol. The number of benzene rings is 1. The fraction of sp³-hybridized carbons (Fsp3) is 0.519. The van der Waals surface area contributed by atoms with E-state index in [0.717, 1.165) is 0 Å². The zero-order chi connectivity index (χ0) is 33.2. The summed E-state index contributed by atoms with van der Waals surface area (Å²) in [5.74, 6) is 6.96. The van der Waals surface area contributed by atoms with Crippen molar-refractivity contribution in [3.05, 3.63) is 67.2 Å². The Morgan fingerprint density at radius 1 is 1.09 bits per heavy atom. The Bertz CT molecular complexity index is 1610. The molecule has 47 heavy (non-hydrogen) atoms. The minimum absolute atomic E-state index is 0.0739. The number of ether oxygens (including phenoxy) is 2. The molecule has 2 amide bonds. The van der Waals surface area contributed by atoms with Gasteiger partial charge < -0.3 is 25.0 Å². The van der Waals surface area contributed by atoms with E-state index in [0.29, 0.717) is 69.1 Å². The van der Waals surface area contributed by atoms with Crippen molar-refractivity contribution in [2.45, 2.75) is 43.8 Å². The van der Waals surface area contributed by atoms with Crippen LogP contribution in [0.2, 0.25) is 0 Å². The summed E-state index contributed by atoms with van der Waals surface area (Å²) in [5, 5.41) is 17.9. The summed E-state index contributed by atoms with van der Waals surface area (Å²) < 4.78 is 11.2. The van der Waals surface area contributed by atoms with Crippen LogP contribution >= 0.6 is 0 Å². The molecule has 20 nitrogen and oxygen atoms in total. The highest BCUT2D eigenvalue weighted by atomic mass is 16.5. The van der Waals surface area contributed by atoms with Crippen LogP contribution in [-0.2, 0) is 9.53 Å². The molecule has 3 aliphatic heterocycles. The number of nitrogens with one attached hydrogen (secondary N) is 2. The monoisotopic (exact) mass is 646 g/mol. The van der Waals surface area contributed by atoms with E-state index in [1.54, 1.807) is 30.3 Å². The van der Waals surface area contributed by atoms with Gasteiger partial charge in [0.25, 0.3) is 5.91 Å². The molecule has 2 saturated heterocycles. The van der Waals surface area contributed by atoms with Gasteiger partial charge in [0.15, 0.2) is 12.5 Å². The number of anilines is 4. The molecule has 0 radical (unpaired) electrons. The number of likely N-dealkylation sites (tertiary alicyclic amines) is 1. The average Bonchev–Trinajstić information content (AvgIpc) is 3.10. The van der Waals surface area contributed by atoms with Crippen molar-refractivity contribution in [2.24, 2.45) is 21.2 Å². The largest absolute Gasteiger partial charge is 0.485 e. The number of fused-ring (bicyclic) bond motifs is 1. The average molecular weight is 647 g/mol. The van der Waals surface area contributed by atoms with Crippen LogP contribution in [0.4, 0.5) is 23.0 Å². The first-order valence-electron chi connectivity index (χ1n) is 15.0. The number of piperidine rings is 1. The minimum Gasteiger partial charge on any atom is -0.485 e. The zero-order valence-corrected chi connectivity index (χ0v) is 25.4. The van der Waals surface area contributed by atoms with Crippen LogP contribution in [-0.4, -0.2) is 86.1 Å². The minimum atomic E-state index is -0.795. The molecule has 246 valence electrons. The van der Waals surface area contributed by atoms with E-state index in [2.05, 4.69) is 40.7 Å². The maximum absolute atomic E-state index is 13.3. The first-order chi connectivity index (χ1) is 22.9. The molecule has 4 heterocycles. The summed E-state index contributed by atoms with van der Waals surface area (Å²) >= 11 is 0. The Labute approximate surface area is 268 Å². The number of hydrogen-bond acceptors (Lipinski definition) is 12. The first-order valence-corrected chi connectivity index (χ1v) is 15.0. The van der Waals surface area contributed by atoms with Crippen LogP contribution in [0.15, 0.2) is 45.7 Å². The Kier molecular flexibility index (Phi) is 11.0. The smallest absolute Gasteiger partial charge is 0.251 e. The zero-order valence-electron chi connectivity index (χ0n) is 25.4. The highest BCUT2D eigenvalue weighted by Crippen LogP contribution is 2.38. The van der Waals surface area contributed by atoms with Crippen LogP contribution < -0.4 is 31.1 Å². The van der Waals surface area contributed by atoms with E-state index in [1.165, 1.54) is 5.01 Å². The number of pyridine rings is 1. The fourth-order valence-electron chi connectivity index (χ4n) is 5.85. The van der Waals surface area contributed by atoms with Crippen molar-refractivity contribution in [2.75, 3.05) is 61.5 Å². The molecule has 20 heteroatoms. The number of carbonyl (C=O) groups is 2. The number of nitrogens with two attached hydrogens (primary N) is 1. The SMILES string of the molecule is [N-]=[N+]=NCOc1ccc(C(=O)NC2CCN(CN=[N+]=[N-])CC2)cc1N(N)c1ccc2c(n1)N(C1CCOCC1)[C@H](CN=[N+]=[N-])C(=O)N2. The molecule has 0 unspecified atom stereocenters. The van der Waals surface area contributed by atoms with E-state index in [9.17, 15) is 9.59 Å². The summed E-state index contributed by atoms with van der Waals surface area (Å²) in [6.07, 6.45) is 2.66. The summed E-state index contributed by atoms with van der Waals surface area (Å²) in [6, 6.07) is 7.01. The van der Waals surface area contributed by atoms with Crippen molar-refractivity contribution >= 4 is 34.8 Å². The molecule has 2 aromatic rings. The standard InChI is InChI=1S/C27H34N16O4/c28-38-32-14-22-27(45)36-20-2-4-24(37-25(20)42(22)19-7-11-46-12-8-19)43(31)21-13-17(1-3-23(21)47-16-34-40-30)26(44)35-18-5-9-41(10-6-18)15-33-39-29/h1-4,13,18-19,22H,5-12,14-16,31H2,(H,35,44)(H,36,45)/t22-/m1/s1. The maximum Gasteiger partial charge on any atom is 0.251 e. The van der Waals surface area contributed by atoms with Crippen molar-refractivity contribution < 1.29 is 19.1 Å². The summed E-state index contributed by atoms with van der Waals surface area (Å²) in [7, 11) is 0. The number of hydrogen-bond donors (Lipinski definition) is 3. The Hall–Kier alpha value is -5.48. The molecule has 4 N–H and O–H groups in total.